The number of nitrogens with one attached hydrogen (secondary N) is 1. The Kier molecular flexibility index (Phi) is 4.09. The fourth-order valence-corrected chi connectivity index (χ4v) is 2.61. The highest BCUT2D eigenvalue weighted by atomic mass is 32.2. The highest BCUT2D eigenvalue weighted by Crippen LogP contribution is 2.16. The molecule has 110 valence electrons. The van der Waals surface area contributed by atoms with Crippen molar-refractivity contribution < 1.29 is 8.42 Å². The van der Waals surface area contributed by atoms with Gasteiger partial charge in [0.2, 0.25) is 0 Å². The lowest BCUT2D eigenvalue weighted by Gasteiger charge is -2.04. The van der Waals surface area contributed by atoms with Crippen molar-refractivity contribution in [2.45, 2.75) is 31.3 Å². The molecule has 0 saturated heterocycles. The number of nitrogens with two attached hydrogens (primary N) is 1. The predicted molar refractivity (Wildman–Crippen MR) is 74.7 cm³/mol. The molecule has 20 heavy (non-hydrogen) atoms. The van der Waals surface area contributed by atoms with Gasteiger partial charge in [-0.1, -0.05) is 0 Å². The molecular weight excluding hydrogens is 280 g/mol. The van der Waals surface area contributed by atoms with E-state index in [1.807, 2.05) is 13.8 Å². The molecule has 0 saturated carbocycles. The van der Waals surface area contributed by atoms with Gasteiger partial charge in [-0.15, -0.1) is 0 Å². The van der Waals surface area contributed by atoms with Crippen molar-refractivity contribution in [3.63, 3.8) is 0 Å². The molecule has 2 aromatic heterocycles. The maximum atomic E-state index is 12.2. The molecule has 2 rings (SSSR count). The number of sulfonamides is 1. The fourth-order valence-electron chi connectivity index (χ4n) is 1.63. The van der Waals surface area contributed by atoms with Gasteiger partial charge >= 0.3 is 0 Å². The summed E-state index contributed by atoms with van der Waals surface area (Å²) in [4.78, 5) is 0.100. The number of aromatic nitrogens is 4. The second-order valence-corrected chi connectivity index (χ2v) is 6.32. The standard InChI is InChI=1S/C11H18N6O2S/c1-9(2)17-7-10(5-14-17)15-20(18,19)11-6-13-16(8-11)4-3-12/h5-9,15H,3-4,12H2,1-2H3. The SMILES string of the molecule is CC(C)n1cc(NS(=O)(=O)c2cnn(CCN)c2)cn1. The summed E-state index contributed by atoms with van der Waals surface area (Å²) in [7, 11) is -3.65. The summed E-state index contributed by atoms with van der Waals surface area (Å²) >= 11 is 0. The Hall–Kier alpha value is -1.87. The Morgan fingerprint density at radius 3 is 2.65 bits per heavy atom. The van der Waals surface area contributed by atoms with Gasteiger partial charge in [0, 0.05) is 25.0 Å². The van der Waals surface area contributed by atoms with E-state index in [4.69, 9.17) is 5.73 Å². The maximum Gasteiger partial charge on any atom is 0.265 e. The molecule has 0 aliphatic carbocycles. The van der Waals surface area contributed by atoms with Crippen LogP contribution >= 0.6 is 0 Å². The molecule has 0 radical (unpaired) electrons. The molecule has 0 fully saturated rings. The third kappa shape index (κ3) is 3.17. The summed E-state index contributed by atoms with van der Waals surface area (Å²) < 4.78 is 30.0. The molecule has 2 aromatic rings. The zero-order valence-electron chi connectivity index (χ0n) is 11.4. The van der Waals surface area contributed by atoms with E-state index >= 15 is 0 Å². The van der Waals surface area contributed by atoms with Gasteiger partial charge in [0.25, 0.3) is 10.0 Å². The van der Waals surface area contributed by atoms with Gasteiger partial charge < -0.3 is 5.73 Å². The van der Waals surface area contributed by atoms with Crippen LogP contribution in [0.15, 0.2) is 29.7 Å². The molecule has 0 spiro atoms. The number of hydrogen-bond donors (Lipinski definition) is 2. The summed E-state index contributed by atoms with van der Waals surface area (Å²) in [6.45, 7) is 4.79. The molecule has 0 amide bonds. The molecule has 0 aliphatic rings. The Morgan fingerprint density at radius 1 is 1.30 bits per heavy atom. The van der Waals surface area contributed by atoms with Gasteiger partial charge in [-0.25, -0.2) is 8.42 Å². The largest absolute Gasteiger partial charge is 0.329 e. The van der Waals surface area contributed by atoms with E-state index in [1.54, 1.807) is 10.9 Å². The molecule has 9 heteroatoms. The summed E-state index contributed by atoms with van der Waals surface area (Å²) in [5.41, 5.74) is 5.82. The zero-order valence-corrected chi connectivity index (χ0v) is 12.2. The van der Waals surface area contributed by atoms with Crippen LogP contribution in [0.4, 0.5) is 5.69 Å². The minimum Gasteiger partial charge on any atom is -0.329 e. The summed E-state index contributed by atoms with van der Waals surface area (Å²) in [6, 6.07) is 0.167. The molecule has 0 bridgehead atoms. The van der Waals surface area contributed by atoms with Crippen molar-refractivity contribution in [3.8, 4) is 0 Å². The lowest BCUT2D eigenvalue weighted by molar-refractivity contribution is 0.532. The maximum absolute atomic E-state index is 12.2. The van der Waals surface area contributed by atoms with E-state index in [-0.39, 0.29) is 10.9 Å². The van der Waals surface area contributed by atoms with Crippen LogP contribution in [-0.4, -0.2) is 34.5 Å². The topological polar surface area (TPSA) is 108 Å². The van der Waals surface area contributed by atoms with Gasteiger partial charge in [-0.2, -0.15) is 10.2 Å². The van der Waals surface area contributed by atoms with E-state index in [1.165, 1.54) is 23.3 Å². The first-order valence-electron chi connectivity index (χ1n) is 6.22. The third-order valence-corrected chi connectivity index (χ3v) is 4.00. The quantitative estimate of drug-likeness (QED) is 0.803. The smallest absolute Gasteiger partial charge is 0.265 e. The molecule has 0 aliphatic heterocycles. The third-order valence-electron chi connectivity index (χ3n) is 2.66. The van der Waals surface area contributed by atoms with Crippen LogP contribution in [-0.2, 0) is 16.6 Å². The van der Waals surface area contributed by atoms with Crippen molar-refractivity contribution in [1.82, 2.24) is 19.6 Å². The average molecular weight is 298 g/mol. The molecule has 0 atom stereocenters. The minimum atomic E-state index is -3.65. The fraction of sp³-hybridized carbons (Fsp3) is 0.455. The summed E-state index contributed by atoms with van der Waals surface area (Å²) in [5.74, 6) is 0. The first kappa shape index (κ1) is 14.5. The van der Waals surface area contributed by atoms with Crippen LogP contribution < -0.4 is 10.5 Å². The van der Waals surface area contributed by atoms with E-state index in [2.05, 4.69) is 14.9 Å². The zero-order chi connectivity index (χ0) is 14.8. The Morgan fingerprint density at radius 2 is 2.05 bits per heavy atom. The van der Waals surface area contributed by atoms with Gasteiger partial charge in [0.15, 0.2) is 0 Å². The van der Waals surface area contributed by atoms with E-state index in [0.717, 1.165) is 0 Å². The number of nitrogens with zero attached hydrogens (tertiary/aromatic N) is 4. The number of rotatable bonds is 6. The molecule has 0 unspecified atom stereocenters. The van der Waals surface area contributed by atoms with E-state index in [9.17, 15) is 8.42 Å². The molecule has 3 N–H and O–H groups in total. The lowest BCUT2D eigenvalue weighted by Crippen LogP contribution is -2.13. The lowest BCUT2D eigenvalue weighted by atomic mass is 10.4. The van der Waals surface area contributed by atoms with E-state index in [0.29, 0.717) is 18.8 Å². The Bertz CT molecular complexity index is 673. The second kappa shape index (κ2) is 5.63. The van der Waals surface area contributed by atoms with Crippen molar-refractivity contribution in [3.05, 3.63) is 24.8 Å². The summed E-state index contributed by atoms with van der Waals surface area (Å²) in [6.07, 6.45) is 5.86. The van der Waals surface area contributed by atoms with Crippen molar-refractivity contribution in [2.24, 2.45) is 5.73 Å². The first-order valence-corrected chi connectivity index (χ1v) is 7.70. The first-order chi connectivity index (χ1) is 9.42. The highest BCUT2D eigenvalue weighted by molar-refractivity contribution is 7.92. The van der Waals surface area contributed by atoms with Crippen molar-refractivity contribution >= 4 is 15.7 Å². The predicted octanol–water partition coefficient (Wildman–Crippen LogP) is 0.420. The Balaban J connectivity index is 2.16. The average Bonchev–Trinajstić information content (AvgIpc) is 2.98. The molecular formula is C11H18N6O2S. The van der Waals surface area contributed by atoms with Crippen LogP contribution in [0.25, 0.3) is 0 Å². The van der Waals surface area contributed by atoms with E-state index < -0.39 is 10.0 Å². The summed E-state index contributed by atoms with van der Waals surface area (Å²) in [5, 5.41) is 8.02. The van der Waals surface area contributed by atoms with Crippen molar-refractivity contribution in [2.75, 3.05) is 11.3 Å². The highest BCUT2D eigenvalue weighted by Gasteiger charge is 2.17. The van der Waals surface area contributed by atoms with Gasteiger partial charge in [-0.3, -0.25) is 14.1 Å². The number of hydrogen-bond acceptors (Lipinski definition) is 5. The normalized spacial score (nSPS) is 12.0. The minimum absolute atomic E-state index is 0.100. The van der Waals surface area contributed by atoms with Crippen molar-refractivity contribution in [1.29, 1.82) is 0 Å². The van der Waals surface area contributed by atoms with Crippen LogP contribution in [0.2, 0.25) is 0 Å². The van der Waals surface area contributed by atoms with Crippen LogP contribution in [0.3, 0.4) is 0 Å². The van der Waals surface area contributed by atoms with Gasteiger partial charge in [0.05, 0.1) is 24.6 Å². The van der Waals surface area contributed by atoms with Gasteiger partial charge in [0.1, 0.15) is 4.90 Å². The van der Waals surface area contributed by atoms with Crippen LogP contribution in [0.1, 0.15) is 19.9 Å². The molecule has 8 nitrogen and oxygen atoms in total. The van der Waals surface area contributed by atoms with Crippen LogP contribution in [0, 0.1) is 0 Å². The van der Waals surface area contributed by atoms with Crippen LogP contribution in [0.5, 0.6) is 0 Å². The molecule has 2 heterocycles. The monoisotopic (exact) mass is 298 g/mol. The Labute approximate surface area is 117 Å². The molecule has 0 aromatic carbocycles. The second-order valence-electron chi connectivity index (χ2n) is 4.64. The van der Waals surface area contributed by atoms with Gasteiger partial charge in [-0.05, 0) is 13.8 Å². The number of anilines is 1.